The molecule has 1 aromatic carbocycles. The summed E-state index contributed by atoms with van der Waals surface area (Å²) < 4.78 is 27.5. The van der Waals surface area contributed by atoms with Crippen LogP contribution in [0.4, 0.5) is 8.78 Å². The van der Waals surface area contributed by atoms with Gasteiger partial charge in [-0.15, -0.1) is 0 Å². The van der Waals surface area contributed by atoms with Gasteiger partial charge >= 0.3 is 0 Å². The first-order chi connectivity index (χ1) is 11.2. The Balaban J connectivity index is 1.77. The average molecular weight is 336 g/mol. The number of amides is 1. The van der Waals surface area contributed by atoms with E-state index in [1.54, 1.807) is 0 Å². The van der Waals surface area contributed by atoms with Crippen LogP contribution in [-0.2, 0) is 4.79 Å². The van der Waals surface area contributed by atoms with Crippen molar-refractivity contribution in [3.05, 3.63) is 35.4 Å². The van der Waals surface area contributed by atoms with Crippen LogP contribution in [0.2, 0.25) is 0 Å². The van der Waals surface area contributed by atoms with E-state index < -0.39 is 17.7 Å². The van der Waals surface area contributed by atoms with Crippen molar-refractivity contribution >= 4 is 5.91 Å². The van der Waals surface area contributed by atoms with E-state index in [-0.39, 0.29) is 22.7 Å². The monoisotopic (exact) mass is 336 g/mol. The van der Waals surface area contributed by atoms with Gasteiger partial charge in [-0.25, -0.2) is 8.78 Å². The number of hydrogen-bond donors (Lipinski definition) is 2. The molecule has 3 rings (SSSR count). The highest BCUT2D eigenvalue weighted by molar-refractivity contribution is 5.83. The Morgan fingerprint density at radius 1 is 1.29 bits per heavy atom. The predicted molar refractivity (Wildman–Crippen MR) is 89.3 cm³/mol. The molecule has 1 saturated carbocycles. The normalized spacial score (nSPS) is 23.8. The van der Waals surface area contributed by atoms with Gasteiger partial charge in [0.1, 0.15) is 11.6 Å². The number of halogens is 2. The van der Waals surface area contributed by atoms with Gasteiger partial charge in [0.15, 0.2) is 0 Å². The minimum atomic E-state index is -0.609. The van der Waals surface area contributed by atoms with Gasteiger partial charge in [0.25, 0.3) is 0 Å². The molecular weight excluding hydrogens is 310 g/mol. The Kier molecular flexibility index (Phi) is 4.41. The van der Waals surface area contributed by atoms with Crippen molar-refractivity contribution in [1.82, 2.24) is 10.6 Å². The van der Waals surface area contributed by atoms with Crippen molar-refractivity contribution in [3.63, 3.8) is 0 Å². The standard InChI is InChI=1S/C19H26F2N2O/c1-18(2,3)16(13-5-4-12(20)10-15(13)21)23-17(24)14-11-19(14)6-8-22-9-7-19/h4-5,10,14,16,22H,6-9,11H2,1-3H3,(H,23,24). The predicted octanol–water partition coefficient (Wildman–Crippen LogP) is 3.56. The minimum absolute atomic E-state index is 0.000509. The molecule has 2 unspecified atom stereocenters. The lowest BCUT2D eigenvalue weighted by molar-refractivity contribution is -0.124. The number of rotatable bonds is 3. The van der Waals surface area contributed by atoms with Crippen molar-refractivity contribution in [3.8, 4) is 0 Å². The molecule has 1 aliphatic carbocycles. The Bertz CT molecular complexity index is 633. The number of hydrogen-bond acceptors (Lipinski definition) is 2. The van der Waals surface area contributed by atoms with Crippen LogP contribution in [0.15, 0.2) is 18.2 Å². The quantitative estimate of drug-likeness (QED) is 0.886. The third-order valence-corrected chi connectivity index (χ3v) is 5.53. The molecule has 1 saturated heterocycles. The molecule has 3 nitrogen and oxygen atoms in total. The van der Waals surface area contributed by atoms with Gasteiger partial charge in [-0.2, -0.15) is 0 Å². The van der Waals surface area contributed by atoms with E-state index in [0.29, 0.717) is 5.56 Å². The fraction of sp³-hybridized carbons (Fsp3) is 0.632. The third kappa shape index (κ3) is 3.32. The smallest absolute Gasteiger partial charge is 0.224 e. The Morgan fingerprint density at radius 3 is 2.54 bits per heavy atom. The molecule has 2 fully saturated rings. The maximum absolute atomic E-state index is 14.2. The van der Waals surface area contributed by atoms with Crippen LogP contribution in [0.3, 0.4) is 0 Å². The van der Waals surface area contributed by atoms with Gasteiger partial charge in [-0.1, -0.05) is 26.8 Å². The van der Waals surface area contributed by atoms with Crippen molar-refractivity contribution < 1.29 is 13.6 Å². The maximum atomic E-state index is 14.2. The minimum Gasteiger partial charge on any atom is -0.348 e. The molecule has 1 aromatic rings. The second kappa shape index (κ2) is 6.10. The summed E-state index contributed by atoms with van der Waals surface area (Å²) >= 11 is 0. The van der Waals surface area contributed by atoms with Gasteiger partial charge in [-0.05, 0) is 49.2 Å². The van der Waals surface area contributed by atoms with Crippen LogP contribution in [0.25, 0.3) is 0 Å². The highest BCUT2D eigenvalue weighted by Crippen LogP contribution is 2.58. The average Bonchev–Trinajstić information content (AvgIpc) is 3.18. The zero-order valence-electron chi connectivity index (χ0n) is 14.6. The molecule has 0 radical (unpaired) electrons. The first-order valence-electron chi connectivity index (χ1n) is 8.69. The molecule has 2 atom stereocenters. The number of carbonyl (C=O) groups excluding carboxylic acids is 1. The van der Waals surface area contributed by atoms with Gasteiger partial charge in [0.2, 0.25) is 5.91 Å². The second-order valence-corrected chi connectivity index (χ2v) is 8.34. The van der Waals surface area contributed by atoms with Crippen molar-refractivity contribution in [2.45, 2.75) is 46.1 Å². The molecule has 0 aromatic heterocycles. The molecule has 0 bridgehead atoms. The molecular formula is C19H26F2N2O. The summed E-state index contributed by atoms with van der Waals surface area (Å²) in [6.45, 7) is 7.77. The van der Waals surface area contributed by atoms with E-state index in [1.807, 2.05) is 20.8 Å². The molecule has 132 valence electrons. The van der Waals surface area contributed by atoms with Crippen LogP contribution in [-0.4, -0.2) is 19.0 Å². The Hall–Kier alpha value is -1.49. The fourth-order valence-electron chi connectivity index (χ4n) is 3.93. The van der Waals surface area contributed by atoms with Gasteiger partial charge in [0.05, 0.1) is 6.04 Å². The Morgan fingerprint density at radius 2 is 1.96 bits per heavy atom. The van der Waals surface area contributed by atoms with Gasteiger partial charge < -0.3 is 10.6 Å². The summed E-state index contributed by atoms with van der Waals surface area (Å²) in [4.78, 5) is 12.8. The van der Waals surface area contributed by atoms with E-state index in [2.05, 4.69) is 10.6 Å². The summed E-state index contributed by atoms with van der Waals surface area (Å²) in [6, 6.07) is 3.08. The molecule has 1 spiro atoms. The lowest BCUT2D eigenvalue weighted by Gasteiger charge is -2.33. The Labute approximate surface area is 142 Å². The summed E-state index contributed by atoms with van der Waals surface area (Å²) in [7, 11) is 0. The molecule has 5 heteroatoms. The molecule has 2 N–H and O–H groups in total. The topological polar surface area (TPSA) is 41.1 Å². The van der Waals surface area contributed by atoms with Crippen LogP contribution in [0, 0.1) is 28.4 Å². The third-order valence-electron chi connectivity index (χ3n) is 5.53. The largest absolute Gasteiger partial charge is 0.348 e. The number of benzene rings is 1. The van der Waals surface area contributed by atoms with E-state index in [1.165, 1.54) is 12.1 Å². The first-order valence-corrected chi connectivity index (χ1v) is 8.69. The molecule has 1 amide bonds. The molecule has 1 heterocycles. The van der Waals surface area contributed by atoms with Crippen LogP contribution in [0.1, 0.15) is 51.6 Å². The fourth-order valence-corrected chi connectivity index (χ4v) is 3.93. The lowest BCUT2D eigenvalue weighted by Crippen LogP contribution is -2.40. The SMILES string of the molecule is CC(C)(C)C(NC(=O)C1CC12CCNCC2)c1ccc(F)cc1F. The van der Waals surface area contributed by atoms with E-state index >= 15 is 0 Å². The summed E-state index contributed by atoms with van der Waals surface area (Å²) in [5, 5.41) is 6.37. The highest BCUT2D eigenvalue weighted by Gasteiger charge is 2.58. The number of carbonyl (C=O) groups is 1. The molecule has 1 aliphatic heterocycles. The van der Waals surface area contributed by atoms with Crippen molar-refractivity contribution in [2.24, 2.45) is 16.7 Å². The maximum Gasteiger partial charge on any atom is 0.224 e. The lowest BCUT2D eigenvalue weighted by atomic mass is 9.81. The zero-order chi connectivity index (χ0) is 17.5. The number of nitrogens with one attached hydrogen (secondary N) is 2. The van der Waals surface area contributed by atoms with Crippen molar-refractivity contribution in [2.75, 3.05) is 13.1 Å². The van der Waals surface area contributed by atoms with E-state index in [0.717, 1.165) is 38.4 Å². The molecule has 24 heavy (non-hydrogen) atoms. The van der Waals surface area contributed by atoms with Crippen LogP contribution in [0.5, 0.6) is 0 Å². The van der Waals surface area contributed by atoms with Gasteiger partial charge in [0, 0.05) is 17.5 Å². The van der Waals surface area contributed by atoms with Crippen LogP contribution < -0.4 is 10.6 Å². The van der Waals surface area contributed by atoms with Crippen molar-refractivity contribution in [1.29, 1.82) is 0 Å². The van der Waals surface area contributed by atoms with Gasteiger partial charge in [-0.3, -0.25) is 4.79 Å². The molecule has 2 aliphatic rings. The first kappa shape index (κ1) is 17.3. The van der Waals surface area contributed by atoms with E-state index in [4.69, 9.17) is 0 Å². The van der Waals surface area contributed by atoms with Crippen LogP contribution >= 0.6 is 0 Å². The highest BCUT2D eigenvalue weighted by atomic mass is 19.1. The number of piperidine rings is 1. The zero-order valence-corrected chi connectivity index (χ0v) is 14.6. The summed E-state index contributed by atoms with van der Waals surface area (Å²) in [5.41, 5.74) is 0.112. The summed E-state index contributed by atoms with van der Waals surface area (Å²) in [6.07, 6.45) is 2.97. The van der Waals surface area contributed by atoms with E-state index in [9.17, 15) is 13.6 Å². The summed E-state index contributed by atoms with van der Waals surface area (Å²) in [5.74, 6) is -1.19. The second-order valence-electron chi connectivity index (χ2n) is 8.34.